The average molecular weight is 523 g/mol. The van der Waals surface area contributed by atoms with Crippen LogP contribution >= 0.6 is 35.0 Å². The van der Waals surface area contributed by atoms with Gasteiger partial charge in [0.25, 0.3) is 5.91 Å². The van der Waals surface area contributed by atoms with Crippen LogP contribution in [0.15, 0.2) is 83.4 Å². The number of nitrogens with zero attached hydrogens (tertiary/aromatic N) is 2. The summed E-state index contributed by atoms with van der Waals surface area (Å²) in [5.41, 5.74) is 2.95. The Morgan fingerprint density at radius 1 is 1.11 bits per heavy atom. The quantitative estimate of drug-likeness (QED) is 0.411. The fraction of sp³-hybridized carbons (Fsp3) is 0.115. The Morgan fingerprint density at radius 2 is 1.83 bits per heavy atom. The molecule has 0 saturated heterocycles. The summed E-state index contributed by atoms with van der Waals surface area (Å²) in [4.78, 5) is 27.5. The molecule has 1 unspecified atom stereocenters. The Bertz CT molecular complexity index is 1340. The van der Waals surface area contributed by atoms with Gasteiger partial charge in [0.1, 0.15) is 22.8 Å². The van der Waals surface area contributed by atoms with Crippen molar-refractivity contribution < 1.29 is 9.59 Å². The first-order chi connectivity index (χ1) is 16.9. The van der Waals surface area contributed by atoms with Gasteiger partial charge in [0, 0.05) is 21.4 Å². The number of aryl methyl sites for hydroxylation is 1. The standard InChI is InChI=1S/C26H20Cl2N4O2S/c1-16-7-12-19(13-22(16)28)30-23(33)15-35-26-21(14-29)25(34)31-24(17-8-10-18(27)11-9-17)32(26)20-5-3-2-4-6-20/h2-13,24H,15H2,1H3,(H,30,33)(H,31,34). The molecule has 0 fully saturated rings. The number of anilines is 2. The third-order valence-electron chi connectivity index (χ3n) is 5.31. The van der Waals surface area contributed by atoms with Gasteiger partial charge in [0.05, 0.1) is 5.75 Å². The van der Waals surface area contributed by atoms with Crippen molar-refractivity contribution in [3.05, 3.63) is 105 Å². The lowest BCUT2D eigenvalue weighted by atomic mass is 10.1. The third-order valence-corrected chi connectivity index (χ3v) is 7.05. The van der Waals surface area contributed by atoms with Crippen LogP contribution in [-0.4, -0.2) is 17.6 Å². The highest BCUT2D eigenvalue weighted by atomic mass is 35.5. The number of para-hydroxylation sites is 1. The number of hydrogen-bond acceptors (Lipinski definition) is 5. The van der Waals surface area contributed by atoms with E-state index in [2.05, 4.69) is 10.6 Å². The van der Waals surface area contributed by atoms with Gasteiger partial charge in [-0.05, 0) is 54.4 Å². The van der Waals surface area contributed by atoms with Crippen LogP contribution in [0.4, 0.5) is 11.4 Å². The van der Waals surface area contributed by atoms with Gasteiger partial charge < -0.3 is 15.5 Å². The predicted octanol–water partition coefficient (Wildman–Crippen LogP) is 6.04. The van der Waals surface area contributed by atoms with Crippen molar-refractivity contribution in [2.45, 2.75) is 13.1 Å². The molecule has 2 amide bonds. The van der Waals surface area contributed by atoms with Gasteiger partial charge in [-0.25, -0.2) is 0 Å². The van der Waals surface area contributed by atoms with Crippen molar-refractivity contribution in [1.29, 1.82) is 5.26 Å². The molecular formula is C26H20Cl2N4O2S. The second-order valence-electron chi connectivity index (χ2n) is 7.73. The number of amides is 2. The minimum absolute atomic E-state index is 0.0179. The van der Waals surface area contributed by atoms with Gasteiger partial charge in [0.15, 0.2) is 0 Å². The largest absolute Gasteiger partial charge is 0.327 e. The van der Waals surface area contributed by atoms with Gasteiger partial charge in [0.2, 0.25) is 5.91 Å². The SMILES string of the molecule is Cc1ccc(NC(=O)CSC2=C(C#N)C(=O)NC(c3ccc(Cl)cc3)N2c2ccccc2)cc1Cl. The summed E-state index contributed by atoms with van der Waals surface area (Å²) in [6.07, 6.45) is -0.597. The third kappa shape index (κ3) is 5.63. The molecule has 176 valence electrons. The molecule has 0 saturated carbocycles. The number of thioether (sulfide) groups is 1. The molecule has 1 aliphatic heterocycles. The van der Waals surface area contributed by atoms with Crippen LogP contribution in [-0.2, 0) is 9.59 Å². The van der Waals surface area contributed by atoms with E-state index >= 15 is 0 Å². The fourth-order valence-corrected chi connectivity index (χ4v) is 4.85. The lowest BCUT2D eigenvalue weighted by Gasteiger charge is -2.39. The van der Waals surface area contributed by atoms with E-state index in [1.54, 1.807) is 24.3 Å². The van der Waals surface area contributed by atoms with Crippen LogP contribution < -0.4 is 15.5 Å². The smallest absolute Gasteiger partial charge is 0.266 e. The highest BCUT2D eigenvalue weighted by Gasteiger charge is 2.36. The first-order valence-corrected chi connectivity index (χ1v) is 12.4. The van der Waals surface area contributed by atoms with E-state index in [1.807, 2.05) is 66.4 Å². The summed E-state index contributed by atoms with van der Waals surface area (Å²) in [6, 6.07) is 23.8. The topological polar surface area (TPSA) is 85.2 Å². The Hall–Kier alpha value is -3.44. The molecule has 2 N–H and O–H groups in total. The number of rotatable bonds is 6. The molecule has 1 heterocycles. The van der Waals surface area contributed by atoms with Crippen molar-refractivity contribution >= 4 is 58.2 Å². The molecule has 9 heteroatoms. The monoisotopic (exact) mass is 522 g/mol. The Balaban J connectivity index is 1.66. The van der Waals surface area contributed by atoms with E-state index in [0.717, 1.165) is 28.6 Å². The highest BCUT2D eigenvalue weighted by Crippen LogP contribution is 2.39. The van der Waals surface area contributed by atoms with Crippen LogP contribution in [0.2, 0.25) is 10.0 Å². The molecule has 0 bridgehead atoms. The summed E-state index contributed by atoms with van der Waals surface area (Å²) in [6.45, 7) is 1.88. The first-order valence-electron chi connectivity index (χ1n) is 10.6. The summed E-state index contributed by atoms with van der Waals surface area (Å²) < 4.78 is 0. The zero-order valence-corrected chi connectivity index (χ0v) is 20.9. The van der Waals surface area contributed by atoms with E-state index in [9.17, 15) is 14.9 Å². The van der Waals surface area contributed by atoms with Crippen LogP contribution in [0.25, 0.3) is 0 Å². The molecule has 0 spiro atoms. The number of carbonyl (C=O) groups excluding carboxylic acids is 2. The highest BCUT2D eigenvalue weighted by molar-refractivity contribution is 8.03. The van der Waals surface area contributed by atoms with Gasteiger partial charge in [-0.2, -0.15) is 5.26 Å². The molecule has 0 aromatic heterocycles. The maximum atomic E-state index is 12.9. The van der Waals surface area contributed by atoms with E-state index < -0.39 is 12.1 Å². The predicted molar refractivity (Wildman–Crippen MR) is 141 cm³/mol. The molecule has 6 nitrogen and oxygen atoms in total. The van der Waals surface area contributed by atoms with E-state index in [4.69, 9.17) is 23.2 Å². The van der Waals surface area contributed by atoms with Crippen LogP contribution in [0.1, 0.15) is 17.3 Å². The fourth-order valence-electron chi connectivity index (χ4n) is 3.57. The zero-order chi connectivity index (χ0) is 24.9. The number of nitriles is 1. The molecular weight excluding hydrogens is 503 g/mol. The Morgan fingerprint density at radius 3 is 2.49 bits per heavy atom. The Labute approximate surface area is 217 Å². The molecule has 1 atom stereocenters. The van der Waals surface area contributed by atoms with E-state index in [0.29, 0.717) is 20.8 Å². The summed E-state index contributed by atoms with van der Waals surface area (Å²) in [5, 5.41) is 17.0. The van der Waals surface area contributed by atoms with Crippen molar-refractivity contribution in [1.82, 2.24) is 5.32 Å². The number of halogens is 2. The second kappa shape index (κ2) is 10.9. The van der Waals surface area contributed by atoms with Crippen LogP contribution in [0, 0.1) is 18.3 Å². The summed E-state index contributed by atoms with van der Waals surface area (Å²) in [5.74, 6) is -0.815. The van der Waals surface area contributed by atoms with E-state index in [1.165, 1.54) is 0 Å². The lowest BCUT2D eigenvalue weighted by Crippen LogP contribution is -2.46. The molecule has 3 aromatic rings. The van der Waals surface area contributed by atoms with Crippen molar-refractivity contribution in [3.8, 4) is 6.07 Å². The van der Waals surface area contributed by atoms with Gasteiger partial charge in [-0.1, -0.05) is 71.4 Å². The number of hydrogen-bond donors (Lipinski definition) is 2. The van der Waals surface area contributed by atoms with Crippen molar-refractivity contribution in [2.75, 3.05) is 16.0 Å². The number of benzene rings is 3. The van der Waals surface area contributed by atoms with Gasteiger partial charge in [-0.15, -0.1) is 0 Å². The molecule has 4 rings (SSSR count). The minimum Gasteiger partial charge on any atom is -0.327 e. The van der Waals surface area contributed by atoms with Gasteiger partial charge >= 0.3 is 0 Å². The Kier molecular flexibility index (Phi) is 7.67. The van der Waals surface area contributed by atoms with Crippen molar-refractivity contribution in [3.63, 3.8) is 0 Å². The molecule has 0 radical (unpaired) electrons. The second-order valence-corrected chi connectivity index (χ2v) is 9.53. The van der Waals surface area contributed by atoms with Gasteiger partial charge in [-0.3, -0.25) is 9.59 Å². The minimum atomic E-state index is -0.597. The summed E-state index contributed by atoms with van der Waals surface area (Å²) >= 11 is 13.4. The molecule has 35 heavy (non-hydrogen) atoms. The molecule has 3 aromatic carbocycles. The normalized spacial score (nSPS) is 15.4. The maximum absolute atomic E-state index is 12.9. The lowest BCUT2D eigenvalue weighted by molar-refractivity contribution is -0.118. The van der Waals surface area contributed by atoms with E-state index in [-0.39, 0.29) is 17.2 Å². The van der Waals surface area contributed by atoms with Crippen LogP contribution in [0.5, 0.6) is 0 Å². The van der Waals surface area contributed by atoms with Crippen molar-refractivity contribution in [2.24, 2.45) is 0 Å². The molecule has 1 aliphatic rings. The zero-order valence-electron chi connectivity index (χ0n) is 18.6. The number of carbonyl (C=O) groups is 2. The van der Waals surface area contributed by atoms with Crippen LogP contribution in [0.3, 0.4) is 0 Å². The summed E-state index contributed by atoms with van der Waals surface area (Å²) in [7, 11) is 0. The number of nitrogens with one attached hydrogen (secondary N) is 2. The first kappa shape index (κ1) is 24.7. The molecule has 0 aliphatic carbocycles. The maximum Gasteiger partial charge on any atom is 0.266 e. The average Bonchev–Trinajstić information content (AvgIpc) is 2.85.